The maximum absolute atomic E-state index is 12.8. The lowest BCUT2D eigenvalue weighted by Gasteiger charge is -2.27. The third kappa shape index (κ3) is 26.0. The zero-order chi connectivity index (χ0) is 45.1. The van der Waals surface area contributed by atoms with Crippen LogP contribution in [0.3, 0.4) is 0 Å². The molecule has 6 amide bonds. The van der Waals surface area contributed by atoms with E-state index in [1.165, 1.54) is 39.1 Å². The van der Waals surface area contributed by atoms with E-state index in [1.54, 1.807) is 19.9 Å². The summed E-state index contributed by atoms with van der Waals surface area (Å²) in [7, 11) is 2.74. The number of benzene rings is 1. The number of allylic oxidation sites excluding steroid dienone is 3. The third-order valence-corrected chi connectivity index (χ3v) is 8.77. The zero-order valence-electron chi connectivity index (χ0n) is 37.7. The van der Waals surface area contributed by atoms with Crippen LogP contribution in [0.2, 0.25) is 0 Å². The van der Waals surface area contributed by atoms with Crippen molar-refractivity contribution in [3.63, 3.8) is 0 Å². The van der Waals surface area contributed by atoms with Gasteiger partial charge in [-0.25, -0.2) is 4.79 Å². The first-order chi connectivity index (χ1) is 27.0. The molecule has 0 aromatic heterocycles. The van der Waals surface area contributed by atoms with Crippen molar-refractivity contribution in [1.29, 1.82) is 0 Å². The molecule has 0 radical (unpaired) electrons. The standard InChI is InChI=1S/C33H56N6O8.C7H8.C4H10/c1-11-20(3)16-21(4)14-13-15-23(6)33(46)47-19-27(41)35-25(8)32(45)39(10)18-28(42)38(9)17-26(40)37-29(22(5)12-2)31(44)36-24(7)30(34)43;1-7-5-3-2-4-6-7;1-4(2)3/h11,15,21-22,24-25,29H,12-14,16-19H2,1-10H3,(H2,34,43)(H,35,41)(H,36,44)(H,37,40);2-6H,1H3;4H,1-3H3/b20-11+,23-15+;;/t21?,22?,24-,25?,29?;;/m1../s1. The predicted octanol–water partition coefficient (Wildman–Crippen LogP) is 4.85. The molecular formula is C44H74N6O8. The Hall–Kier alpha value is -5.01. The first kappa shape index (κ1) is 55.1. The highest BCUT2D eigenvalue weighted by Gasteiger charge is 2.29. The molecule has 5 atom stereocenters. The van der Waals surface area contributed by atoms with E-state index in [0.717, 1.165) is 28.6 Å². The van der Waals surface area contributed by atoms with Gasteiger partial charge in [-0.2, -0.15) is 0 Å². The monoisotopic (exact) mass is 815 g/mol. The number of hydrogen-bond acceptors (Lipinski definition) is 8. The summed E-state index contributed by atoms with van der Waals surface area (Å²) in [6.45, 7) is 21.5. The van der Waals surface area contributed by atoms with E-state index < -0.39 is 72.7 Å². The van der Waals surface area contributed by atoms with Crippen molar-refractivity contribution in [3.8, 4) is 0 Å². The Morgan fingerprint density at radius 1 is 0.810 bits per heavy atom. The fraction of sp³-hybridized carbons (Fsp3) is 0.614. The summed E-state index contributed by atoms with van der Waals surface area (Å²) >= 11 is 0. The van der Waals surface area contributed by atoms with Gasteiger partial charge < -0.3 is 36.2 Å². The molecule has 0 saturated heterocycles. The summed E-state index contributed by atoms with van der Waals surface area (Å²) in [5.74, 6) is -3.33. The number of carbonyl (C=O) groups is 7. The topological polar surface area (TPSA) is 197 Å². The number of rotatable bonds is 20. The van der Waals surface area contributed by atoms with Crippen LogP contribution >= 0.6 is 0 Å². The highest BCUT2D eigenvalue weighted by molar-refractivity contribution is 5.94. The lowest BCUT2D eigenvalue weighted by molar-refractivity contribution is -0.146. The van der Waals surface area contributed by atoms with Crippen molar-refractivity contribution in [2.75, 3.05) is 33.8 Å². The van der Waals surface area contributed by atoms with E-state index in [1.807, 2.05) is 32.0 Å². The van der Waals surface area contributed by atoms with Gasteiger partial charge in [-0.1, -0.05) is 102 Å². The molecule has 0 spiro atoms. The fourth-order valence-electron chi connectivity index (χ4n) is 4.89. The second-order valence-corrected chi connectivity index (χ2v) is 15.7. The molecule has 0 aliphatic carbocycles. The number of primary amides is 1. The predicted molar refractivity (Wildman–Crippen MR) is 230 cm³/mol. The Morgan fingerprint density at radius 2 is 1.38 bits per heavy atom. The average molecular weight is 815 g/mol. The zero-order valence-corrected chi connectivity index (χ0v) is 37.7. The normalized spacial score (nSPS) is 13.7. The van der Waals surface area contributed by atoms with Crippen LogP contribution in [0.15, 0.2) is 53.6 Å². The molecule has 0 bridgehead atoms. The van der Waals surface area contributed by atoms with Crippen LogP contribution in [-0.4, -0.2) is 103 Å². The molecule has 1 aromatic rings. The van der Waals surface area contributed by atoms with Gasteiger partial charge in [0.2, 0.25) is 29.5 Å². The van der Waals surface area contributed by atoms with Crippen molar-refractivity contribution in [3.05, 3.63) is 59.2 Å². The fourth-order valence-corrected chi connectivity index (χ4v) is 4.89. The summed E-state index contributed by atoms with van der Waals surface area (Å²) in [5.41, 5.74) is 8.24. The molecule has 0 aliphatic rings. The molecule has 0 fully saturated rings. The highest BCUT2D eigenvalue weighted by atomic mass is 16.5. The van der Waals surface area contributed by atoms with Crippen molar-refractivity contribution in [2.24, 2.45) is 23.5 Å². The summed E-state index contributed by atoms with van der Waals surface area (Å²) in [4.78, 5) is 89.0. The van der Waals surface area contributed by atoms with Gasteiger partial charge in [-0.15, -0.1) is 0 Å². The van der Waals surface area contributed by atoms with Crippen LogP contribution in [0.1, 0.15) is 107 Å². The van der Waals surface area contributed by atoms with E-state index in [0.29, 0.717) is 24.3 Å². The third-order valence-electron chi connectivity index (χ3n) is 8.77. The molecule has 1 aromatic carbocycles. The number of nitrogens with one attached hydrogen (secondary N) is 3. The van der Waals surface area contributed by atoms with Crippen LogP contribution in [0.25, 0.3) is 0 Å². The Balaban J connectivity index is 0. The Morgan fingerprint density at radius 3 is 1.86 bits per heavy atom. The van der Waals surface area contributed by atoms with Crippen LogP contribution < -0.4 is 21.7 Å². The van der Waals surface area contributed by atoms with Crippen LogP contribution in [0.5, 0.6) is 0 Å². The first-order valence-corrected chi connectivity index (χ1v) is 20.1. The van der Waals surface area contributed by atoms with Gasteiger partial charge in [0.25, 0.3) is 5.91 Å². The smallest absolute Gasteiger partial charge is 0.333 e. The Kier molecular flexibility index (Phi) is 28.6. The minimum Gasteiger partial charge on any atom is -0.452 e. The van der Waals surface area contributed by atoms with Gasteiger partial charge in [0.1, 0.15) is 18.1 Å². The second-order valence-electron chi connectivity index (χ2n) is 15.7. The minimum atomic E-state index is -1.02. The van der Waals surface area contributed by atoms with E-state index in [2.05, 4.69) is 75.7 Å². The number of amides is 6. The molecule has 14 heteroatoms. The lowest BCUT2D eigenvalue weighted by atomic mass is 9.97. The van der Waals surface area contributed by atoms with E-state index in [-0.39, 0.29) is 12.5 Å². The number of likely N-dealkylation sites (N-methyl/N-ethyl adjacent to an activating group) is 2. The average Bonchev–Trinajstić information content (AvgIpc) is 3.15. The van der Waals surface area contributed by atoms with Gasteiger partial charge in [-0.05, 0) is 78.6 Å². The lowest BCUT2D eigenvalue weighted by Crippen LogP contribution is -2.56. The molecule has 0 aliphatic heterocycles. The van der Waals surface area contributed by atoms with Crippen molar-refractivity contribution in [2.45, 2.75) is 127 Å². The van der Waals surface area contributed by atoms with Gasteiger partial charge in [0.05, 0.1) is 13.1 Å². The van der Waals surface area contributed by atoms with Gasteiger partial charge in [0, 0.05) is 19.7 Å². The molecule has 14 nitrogen and oxygen atoms in total. The van der Waals surface area contributed by atoms with Crippen LogP contribution in [0, 0.1) is 24.7 Å². The van der Waals surface area contributed by atoms with Gasteiger partial charge in [0.15, 0.2) is 6.61 Å². The maximum Gasteiger partial charge on any atom is 0.333 e. The maximum atomic E-state index is 12.8. The number of esters is 1. The Bertz CT molecular complexity index is 1510. The van der Waals surface area contributed by atoms with E-state index >= 15 is 0 Å². The van der Waals surface area contributed by atoms with Crippen molar-refractivity contribution in [1.82, 2.24) is 25.8 Å². The van der Waals surface area contributed by atoms with Crippen molar-refractivity contribution >= 4 is 41.4 Å². The summed E-state index contributed by atoms with van der Waals surface area (Å²) in [6, 6.07) is 7.34. The molecule has 58 heavy (non-hydrogen) atoms. The van der Waals surface area contributed by atoms with Crippen LogP contribution in [-0.2, 0) is 38.3 Å². The molecule has 0 saturated carbocycles. The molecule has 5 N–H and O–H groups in total. The summed E-state index contributed by atoms with van der Waals surface area (Å²) in [6.07, 6.45) is 7.02. The number of ether oxygens (including phenoxy) is 1. The quantitative estimate of drug-likeness (QED) is 0.0814. The summed E-state index contributed by atoms with van der Waals surface area (Å²) in [5, 5.41) is 7.51. The molecule has 0 heterocycles. The van der Waals surface area contributed by atoms with Gasteiger partial charge >= 0.3 is 5.97 Å². The largest absolute Gasteiger partial charge is 0.452 e. The van der Waals surface area contributed by atoms with E-state index in [4.69, 9.17) is 10.5 Å². The summed E-state index contributed by atoms with van der Waals surface area (Å²) < 4.78 is 5.07. The highest BCUT2D eigenvalue weighted by Crippen LogP contribution is 2.17. The molecule has 328 valence electrons. The Labute approximate surface area is 348 Å². The van der Waals surface area contributed by atoms with Gasteiger partial charge in [-0.3, -0.25) is 28.8 Å². The minimum absolute atomic E-state index is 0.277. The van der Waals surface area contributed by atoms with Crippen LogP contribution in [0.4, 0.5) is 0 Å². The van der Waals surface area contributed by atoms with Crippen molar-refractivity contribution < 1.29 is 38.3 Å². The molecular weight excluding hydrogens is 741 g/mol. The molecule has 1 rings (SSSR count). The number of carbonyl (C=O) groups excluding carboxylic acids is 7. The second kappa shape index (κ2) is 30.1. The first-order valence-electron chi connectivity index (χ1n) is 20.1. The number of hydrogen-bond donors (Lipinski definition) is 4. The molecule has 4 unspecified atom stereocenters. The van der Waals surface area contributed by atoms with E-state index in [9.17, 15) is 33.6 Å². The number of aryl methyl sites for hydroxylation is 1. The number of nitrogens with zero attached hydrogens (tertiary/aromatic N) is 2. The SMILES string of the molecule is C/C=C(\C)CC(C)CC/C=C(\C)C(=O)OCC(=O)NC(C)C(=O)N(C)CC(=O)N(C)CC(=O)NC(C(=O)N[C@H](C)C(N)=O)C(C)CC.CC(C)C.Cc1ccccc1. The number of nitrogens with two attached hydrogens (primary N) is 1.